The molecule has 1 aliphatic rings. The van der Waals surface area contributed by atoms with Crippen molar-refractivity contribution in [3.8, 4) is 11.3 Å². The van der Waals surface area contributed by atoms with E-state index in [1.54, 1.807) is 97.2 Å². The lowest BCUT2D eigenvalue weighted by Crippen LogP contribution is -2.41. The van der Waals surface area contributed by atoms with Gasteiger partial charge in [0.15, 0.2) is 18.4 Å². The quantitative estimate of drug-likeness (QED) is 0.170. The van der Waals surface area contributed by atoms with Crippen LogP contribution in [0.25, 0.3) is 11.3 Å². The molecule has 6 rings (SSSR count). The van der Waals surface area contributed by atoms with E-state index in [-0.39, 0.29) is 12.2 Å². The molecule has 44 heavy (non-hydrogen) atoms. The Hall–Kier alpha value is -5.61. The molecule has 1 saturated heterocycles. The summed E-state index contributed by atoms with van der Waals surface area (Å²) in [5.74, 6) is -1.91. The molecule has 4 aromatic carbocycles. The van der Waals surface area contributed by atoms with E-state index in [0.717, 1.165) is 5.56 Å². The highest BCUT2D eigenvalue weighted by atomic mass is 16.7. The molecule has 220 valence electrons. The van der Waals surface area contributed by atoms with E-state index < -0.39 is 42.4 Å². The van der Waals surface area contributed by atoms with E-state index in [0.29, 0.717) is 16.8 Å². The highest BCUT2D eigenvalue weighted by Crippen LogP contribution is 2.35. The summed E-state index contributed by atoms with van der Waals surface area (Å²) in [6, 6.07) is 34.7. The molecule has 0 unspecified atom stereocenters. The van der Waals surface area contributed by atoms with Crippen molar-refractivity contribution in [2.75, 3.05) is 6.61 Å². The van der Waals surface area contributed by atoms with Crippen LogP contribution in [0, 0.1) is 0 Å². The lowest BCUT2D eigenvalue weighted by Gasteiger charge is -2.24. The Morgan fingerprint density at radius 2 is 1.11 bits per heavy atom. The normalized spacial score (nSPS) is 19.2. The van der Waals surface area contributed by atoms with Crippen LogP contribution in [-0.4, -0.2) is 57.8 Å². The number of hydrogen-bond donors (Lipinski definition) is 0. The molecule has 2 heterocycles. The maximum absolute atomic E-state index is 13.3. The van der Waals surface area contributed by atoms with Crippen LogP contribution in [0.5, 0.6) is 0 Å². The van der Waals surface area contributed by atoms with Crippen molar-refractivity contribution < 1.29 is 33.3 Å². The maximum Gasteiger partial charge on any atom is 0.338 e. The molecule has 0 saturated carbocycles. The van der Waals surface area contributed by atoms with Crippen LogP contribution in [0.1, 0.15) is 37.3 Å². The van der Waals surface area contributed by atoms with Gasteiger partial charge in [-0.15, -0.1) is 5.10 Å². The number of aromatic nitrogens is 3. The van der Waals surface area contributed by atoms with Crippen molar-refractivity contribution >= 4 is 17.9 Å². The summed E-state index contributed by atoms with van der Waals surface area (Å²) in [5, 5.41) is 8.53. The Morgan fingerprint density at radius 1 is 0.636 bits per heavy atom. The van der Waals surface area contributed by atoms with E-state index in [2.05, 4.69) is 10.3 Å². The highest BCUT2D eigenvalue weighted by molar-refractivity contribution is 5.91. The topological polar surface area (TPSA) is 119 Å². The number of ether oxygens (including phenoxy) is 4. The van der Waals surface area contributed by atoms with Gasteiger partial charge >= 0.3 is 17.9 Å². The zero-order valence-corrected chi connectivity index (χ0v) is 23.3. The molecule has 0 radical (unpaired) electrons. The van der Waals surface area contributed by atoms with Gasteiger partial charge in [0.2, 0.25) is 0 Å². The number of carbonyl (C=O) groups excluding carboxylic acids is 3. The smallest absolute Gasteiger partial charge is 0.338 e. The number of esters is 3. The van der Waals surface area contributed by atoms with Crippen molar-refractivity contribution in [1.82, 2.24) is 15.0 Å². The Kier molecular flexibility index (Phi) is 8.51. The molecule has 1 fully saturated rings. The summed E-state index contributed by atoms with van der Waals surface area (Å²) in [6.45, 7) is -0.295. The minimum absolute atomic E-state index is 0.288. The standard InChI is InChI=1S/C34H27N3O7/c38-32(24-15-7-2-8-16-24)41-22-28-29(43-33(39)25-17-9-3-10-18-25)30(44-34(40)26-19-11-4-12-20-26)31(42-28)37-21-27(35-36-37)23-13-5-1-6-14-23/h1-21,28-31H,22H2/t28-,29-,30-,31-/m1/s1. The maximum atomic E-state index is 13.3. The second-order valence-corrected chi connectivity index (χ2v) is 9.95. The molecule has 1 aliphatic heterocycles. The lowest BCUT2D eigenvalue weighted by atomic mass is 10.1. The third-order valence-corrected chi connectivity index (χ3v) is 7.02. The Labute approximate surface area is 252 Å². The van der Waals surface area contributed by atoms with Gasteiger partial charge in [0.1, 0.15) is 18.4 Å². The van der Waals surface area contributed by atoms with Gasteiger partial charge < -0.3 is 18.9 Å². The predicted octanol–water partition coefficient (Wildman–Crippen LogP) is 5.15. The second-order valence-electron chi connectivity index (χ2n) is 9.95. The molecule has 0 bridgehead atoms. The third-order valence-electron chi connectivity index (χ3n) is 7.02. The van der Waals surface area contributed by atoms with E-state index in [1.807, 2.05) is 30.3 Å². The number of nitrogens with zero attached hydrogens (tertiary/aromatic N) is 3. The zero-order valence-electron chi connectivity index (χ0n) is 23.3. The molecular formula is C34H27N3O7. The monoisotopic (exact) mass is 589 g/mol. The van der Waals surface area contributed by atoms with Gasteiger partial charge in [-0.2, -0.15) is 0 Å². The summed E-state index contributed by atoms with van der Waals surface area (Å²) in [7, 11) is 0. The summed E-state index contributed by atoms with van der Waals surface area (Å²) in [4.78, 5) is 39.4. The van der Waals surface area contributed by atoms with Crippen LogP contribution in [0.2, 0.25) is 0 Å². The molecular weight excluding hydrogens is 562 g/mol. The van der Waals surface area contributed by atoms with E-state index in [1.165, 1.54) is 4.68 Å². The largest absolute Gasteiger partial charge is 0.459 e. The van der Waals surface area contributed by atoms with Gasteiger partial charge in [0.25, 0.3) is 0 Å². The summed E-state index contributed by atoms with van der Waals surface area (Å²) >= 11 is 0. The van der Waals surface area contributed by atoms with E-state index in [9.17, 15) is 14.4 Å². The number of rotatable bonds is 9. The first-order chi connectivity index (χ1) is 21.6. The van der Waals surface area contributed by atoms with Crippen molar-refractivity contribution in [2.45, 2.75) is 24.5 Å². The fourth-order valence-electron chi connectivity index (χ4n) is 4.81. The fourth-order valence-corrected chi connectivity index (χ4v) is 4.81. The SMILES string of the molecule is O=C(OC[C@H]1O[C@@H](n2cc(-c3ccccc3)nn2)[C@H](OC(=O)c2ccccc2)[C@@H]1OC(=O)c1ccccc1)c1ccccc1. The first-order valence-electron chi connectivity index (χ1n) is 13.9. The lowest BCUT2D eigenvalue weighted by molar-refractivity contribution is -0.0678. The van der Waals surface area contributed by atoms with Crippen molar-refractivity contribution in [1.29, 1.82) is 0 Å². The Morgan fingerprint density at radius 3 is 1.66 bits per heavy atom. The molecule has 0 amide bonds. The second kappa shape index (κ2) is 13.1. The Balaban J connectivity index is 1.33. The molecule has 5 aromatic rings. The summed E-state index contributed by atoms with van der Waals surface area (Å²) in [6.07, 6.45) is -2.79. The van der Waals surface area contributed by atoms with Gasteiger partial charge in [0, 0.05) is 5.56 Å². The minimum atomic E-state index is -1.18. The third kappa shape index (κ3) is 6.40. The molecule has 10 nitrogen and oxygen atoms in total. The molecule has 4 atom stereocenters. The van der Waals surface area contributed by atoms with Gasteiger partial charge in [-0.1, -0.05) is 90.1 Å². The van der Waals surface area contributed by atoms with E-state index >= 15 is 0 Å². The average Bonchev–Trinajstić information content (AvgIpc) is 3.70. The van der Waals surface area contributed by atoms with Crippen LogP contribution >= 0.6 is 0 Å². The van der Waals surface area contributed by atoms with Crippen LogP contribution in [-0.2, 0) is 18.9 Å². The molecule has 10 heteroatoms. The van der Waals surface area contributed by atoms with Gasteiger partial charge in [-0.05, 0) is 36.4 Å². The van der Waals surface area contributed by atoms with E-state index in [4.69, 9.17) is 18.9 Å². The van der Waals surface area contributed by atoms with Gasteiger partial charge in [0.05, 0.1) is 22.9 Å². The van der Waals surface area contributed by atoms with Crippen LogP contribution in [0.4, 0.5) is 0 Å². The van der Waals surface area contributed by atoms with Crippen molar-refractivity contribution in [3.63, 3.8) is 0 Å². The first kappa shape index (κ1) is 28.5. The van der Waals surface area contributed by atoms with Crippen LogP contribution in [0.3, 0.4) is 0 Å². The average molecular weight is 590 g/mol. The van der Waals surface area contributed by atoms with Gasteiger partial charge in [-0.25, -0.2) is 19.1 Å². The van der Waals surface area contributed by atoms with Crippen molar-refractivity contribution in [3.05, 3.63) is 144 Å². The summed E-state index contributed by atoms with van der Waals surface area (Å²) < 4.78 is 25.2. The molecule has 1 aromatic heterocycles. The predicted molar refractivity (Wildman–Crippen MR) is 157 cm³/mol. The molecule has 0 N–H and O–H groups in total. The molecule has 0 aliphatic carbocycles. The summed E-state index contributed by atoms with van der Waals surface area (Å²) in [5.41, 5.74) is 2.29. The number of hydrogen-bond acceptors (Lipinski definition) is 9. The van der Waals surface area contributed by atoms with Gasteiger partial charge in [-0.3, -0.25) is 0 Å². The number of benzene rings is 4. The van der Waals surface area contributed by atoms with Crippen LogP contribution < -0.4 is 0 Å². The fraction of sp³-hybridized carbons (Fsp3) is 0.147. The van der Waals surface area contributed by atoms with Crippen molar-refractivity contribution in [2.24, 2.45) is 0 Å². The van der Waals surface area contributed by atoms with Crippen LogP contribution in [0.15, 0.2) is 128 Å². The minimum Gasteiger partial charge on any atom is -0.459 e. The zero-order chi connectivity index (χ0) is 30.3. The highest BCUT2D eigenvalue weighted by Gasteiger charge is 2.52. The number of carbonyl (C=O) groups is 3. The Bertz CT molecular complexity index is 1710. The first-order valence-corrected chi connectivity index (χ1v) is 13.9. The molecule has 0 spiro atoms.